The fraction of sp³-hybridized carbons (Fsp3) is 0.455. The number of hydrogen-bond donors (Lipinski definition) is 1. The summed E-state index contributed by atoms with van der Waals surface area (Å²) in [4.78, 5) is 1.82. The molecule has 0 aliphatic carbocycles. The van der Waals surface area contributed by atoms with Gasteiger partial charge >= 0.3 is 0 Å². The molecule has 1 aliphatic rings. The van der Waals surface area contributed by atoms with E-state index >= 15 is 0 Å². The molecule has 0 amide bonds. The van der Waals surface area contributed by atoms with Gasteiger partial charge in [0.2, 0.25) is 0 Å². The number of nitrogens with zero attached hydrogens (tertiary/aromatic N) is 1. The van der Waals surface area contributed by atoms with E-state index in [0.29, 0.717) is 12.1 Å². The first-order valence-electron chi connectivity index (χ1n) is 5.31. The van der Waals surface area contributed by atoms with Gasteiger partial charge in [0.25, 0.3) is 0 Å². The summed E-state index contributed by atoms with van der Waals surface area (Å²) in [7, 11) is -1.71. The smallest absolute Gasteiger partial charge is 0.182 e. The number of benzene rings is 1. The largest absolute Gasteiger partial charge is 0.396 e. The van der Waals surface area contributed by atoms with Gasteiger partial charge in [0.05, 0.1) is 16.3 Å². The summed E-state index contributed by atoms with van der Waals surface area (Å²) in [5.41, 5.74) is 0.496. The van der Waals surface area contributed by atoms with Gasteiger partial charge in [-0.15, -0.1) is 0 Å². The number of sulfone groups is 1. The maximum atomic E-state index is 13.1. The van der Waals surface area contributed by atoms with Crippen LogP contribution in [0.4, 0.5) is 10.1 Å². The zero-order chi connectivity index (χ0) is 12.6. The molecule has 4 nitrogen and oxygen atoms in total. The number of hydrogen-bond acceptors (Lipinski definition) is 4. The SMILES string of the molecule is CN1c2ccc(F)cc2S(=O)(=O)CC1CCO. The molecule has 1 aromatic carbocycles. The Hall–Kier alpha value is -1.14. The molecule has 2 rings (SSSR count). The molecular formula is C11H14FNO3S. The molecule has 6 heteroatoms. The summed E-state index contributed by atoms with van der Waals surface area (Å²) in [6.45, 7) is -0.0684. The molecule has 1 atom stereocenters. The number of aliphatic hydroxyl groups excluding tert-OH is 1. The summed E-state index contributed by atoms with van der Waals surface area (Å²) in [6.07, 6.45) is 0.381. The fourth-order valence-corrected chi connectivity index (χ4v) is 4.01. The number of halogens is 1. The molecule has 0 radical (unpaired) electrons. The maximum absolute atomic E-state index is 13.1. The van der Waals surface area contributed by atoms with Crippen LogP contribution in [0.5, 0.6) is 0 Å². The Balaban J connectivity index is 2.53. The highest BCUT2D eigenvalue weighted by molar-refractivity contribution is 7.91. The molecular weight excluding hydrogens is 245 g/mol. The lowest BCUT2D eigenvalue weighted by atomic mass is 10.2. The summed E-state index contributed by atoms with van der Waals surface area (Å²) in [5, 5.41) is 8.92. The molecule has 1 unspecified atom stereocenters. The standard InChI is InChI=1S/C11H14FNO3S/c1-13-9(4-5-14)7-17(15,16)11-6-8(12)2-3-10(11)13/h2-3,6,9,14H,4-5,7H2,1H3. The number of aliphatic hydroxyl groups is 1. The van der Waals surface area contributed by atoms with E-state index < -0.39 is 15.7 Å². The Morgan fingerprint density at radius 2 is 2.24 bits per heavy atom. The lowest BCUT2D eigenvalue weighted by molar-refractivity contribution is 0.277. The minimum Gasteiger partial charge on any atom is -0.396 e. The van der Waals surface area contributed by atoms with E-state index in [1.807, 2.05) is 0 Å². The van der Waals surface area contributed by atoms with Gasteiger partial charge < -0.3 is 10.0 Å². The van der Waals surface area contributed by atoms with E-state index in [1.54, 1.807) is 11.9 Å². The van der Waals surface area contributed by atoms with Crippen LogP contribution in [-0.2, 0) is 9.84 Å². The quantitative estimate of drug-likeness (QED) is 0.853. The van der Waals surface area contributed by atoms with Crippen molar-refractivity contribution >= 4 is 15.5 Å². The van der Waals surface area contributed by atoms with Crippen LogP contribution in [0.2, 0.25) is 0 Å². The summed E-state index contributed by atoms with van der Waals surface area (Å²) in [5.74, 6) is -0.637. The van der Waals surface area contributed by atoms with Crippen LogP contribution in [0.1, 0.15) is 6.42 Å². The van der Waals surface area contributed by atoms with Gasteiger partial charge in [-0.25, -0.2) is 12.8 Å². The van der Waals surface area contributed by atoms with Crippen molar-refractivity contribution in [1.29, 1.82) is 0 Å². The molecule has 1 N–H and O–H groups in total. The van der Waals surface area contributed by atoms with Gasteiger partial charge in [-0.1, -0.05) is 0 Å². The lowest BCUT2D eigenvalue weighted by Gasteiger charge is -2.35. The fourth-order valence-electron chi connectivity index (χ4n) is 2.11. The van der Waals surface area contributed by atoms with E-state index in [2.05, 4.69) is 0 Å². The minimum atomic E-state index is -3.46. The highest BCUT2D eigenvalue weighted by Crippen LogP contribution is 2.33. The summed E-state index contributed by atoms with van der Waals surface area (Å²) >= 11 is 0. The van der Waals surface area contributed by atoms with Gasteiger partial charge in [-0.3, -0.25) is 0 Å². The van der Waals surface area contributed by atoms with Crippen LogP contribution >= 0.6 is 0 Å². The molecule has 0 spiro atoms. The van der Waals surface area contributed by atoms with Crippen molar-refractivity contribution in [2.75, 3.05) is 24.3 Å². The highest BCUT2D eigenvalue weighted by atomic mass is 32.2. The molecule has 94 valence electrons. The molecule has 0 fully saturated rings. The Kier molecular flexibility index (Phi) is 3.09. The van der Waals surface area contributed by atoms with Crippen molar-refractivity contribution in [3.63, 3.8) is 0 Å². The molecule has 0 aromatic heterocycles. The molecule has 1 aliphatic heterocycles. The third kappa shape index (κ3) is 2.14. The van der Waals surface area contributed by atoms with E-state index in [1.165, 1.54) is 12.1 Å². The maximum Gasteiger partial charge on any atom is 0.182 e. The normalized spacial score (nSPS) is 22.3. The molecule has 0 saturated heterocycles. The van der Waals surface area contributed by atoms with Crippen molar-refractivity contribution in [2.24, 2.45) is 0 Å². The van der Waals surface area contributed by atoms with Crippen molar-refractivity contribution in [3.05, 3.63) is 24.0 Å². The van der Waals surface area contributed by atoms with Gasteiger partial charge in [-0.05, 0) is 24.6 Å². The first-order valence-corrected chi connectivity index (χ1v) is 6.97. The van der Waals surface area contributed by atoms with Crippen molar-refractivity contribution < 1.29 is 17.9 Å². The van der Waals surface area contributed by atoms with Crippen LogP contribution in [0.15, 0.2) is 23.1 Å². The minimum absolute atomic E-state index is 0.0363. The van der Waals surface area contributed by atoms with Gasteiger partial charge in [0.1, 0.15) is 5.82 Å². The van der Waals surface area contributed by atoms with Crippen LogP contribution in [0.25, 0.3) is 0 Å². The third-order valence-electron chi connectivity index (χ3n) is 3.06. The zero-order valence-electron chi connectivity index (χ0n) is 9.43. The predicted molar refractivity (Wildman–Crippen MR) is 62.3 cm³/mol. The van der Waals surface area contributed by atoms with Crippen molar-refractivity contribution in [2.45, 2.75) is 17.4 Å². The highest BCUT2D eigenvalue weighted by Gasteiger charge is 2.33. The lowest BCUT2D eigenvalue weighted by Crippen LogP contribution is -2.42. The Morgan fingerprint density at radius 3 is 2.88 bits per heavy atom. The van der Waals surface area contributed by atoms with Crippen LogP contribution < -0.4 is 4.90 Å². The van der Waals surface area contributed by atoms with E-state index in [4.69, 9.17) is 5.11 Å². The number of fused-ring (bicyclic) bond motifs is 1. The van der Waals surface area contributed by atoms with Crippen LogP contribution in [0, 0.1) is 5.82 Å². The van der Waals surface area contributed by atoms with Gasteiger partial charge in [-0.2, -0.15) is 0 Å². The Bertz CT molecular complexity index is 530. The molecule has 1 heterocycles. The Morgan fingerprint density at radius 1 is 1.53 bits per heavy atom. The zero-order valence-corrected chi connectivity index (χ0v) is 10.2. The van der Waals surface area contributed by atoms with Crippen molar-refractivity contribution in [3.8, 4) is 0 Å². The van der Waals surface area contributed by atoms with E-state index in [0.717, 1.165) is 6.07 Å². The molecule has 0 bridgehead atoms. The number of rotatable bonds is 2. The first-order chi connectivity index (χ1) is 7.95. The second-order valence-corrected chi connectivity index (χ2v) is 6.17. The Labute approximate surface area is 99.6 Å². The second kappa shape index (κ2) is 4.27. The van der Waals surface area contributed by atoms with Gasteiger partial charge in [0.15, 0.2) is 9.84 Å². The van der Waals surface area contributed by atoms with E-state index in [9.17, 15) is 12.8 Å². The predicted octanol–water partition coefficient (Wildman–Crippen LogP) is 0.800. The molecule has 17 heavy (non-hydrogen) atoms. The number of anilines is 1. The third-order valence-corrected chi connectivity index (χ3v) is 4.88. The van der Waals surface area contributed by atoms with E-state index in [-0.39, 0.29) is 23.3 Å². The van der Waals surface area contributed by atoms with Crippen LogP contribution in [-0.4, -0.2) is 39.0 Å². The summed E-state index contributed by atoms with van der Waals surface area (Å²) in [6, 6.07) is 3.50. The average Bonchev–Trinajstić information content (AvgIpc) is 2.26. The van der Waals surface area contributed by atoms with Gasteiger partial charge in [0, 0.05) is 19.7 Å². The summed E-state index contributed by atoms with van der Waals surface area (Å²) < 4.78 is 37.0. The first kappa shape index (κ1) is 12.3. The van der Waals surface area contributed by atoms with Crippen molar-refractivity contribution in [1.82, 2.24) is 0 Å². The van der Waals surface area contributed by atoms with Crippen LogP contribution in [0.3, 0.4) is 0 Å². The second-order valence-electron chi connectivity index (χ2n) is 4.17. The molecule has 0 saturated carbocycles. The average molecular weight is 259 g/mol. The topological polar surface area (TPSA) is 57.6 Å². The monoisotopic (exact) mass is 259 g/mol. The molecule has 1 aromatic rings.